The van der Waals surface area contributed by atoms with Crippen molar-refractivity contribution in [3.8, 4) is 0 Å². The molecule has 0 aromatic carbocycles. The van der Waals surface area contributed by atoms with Gasteiger partial charge in [0, 0.05) is 0 Å². The van der Waals surface area contributed by atoms with E-state index in [0.29, 0.717) is 28.9 Å². The van der Waals surface area contributed by atoms with E-state index in [1.54, 1.807) is 6.07 Å². The summed E-state index contributed by atoms with van der Waals surface area (Å²) in [4.78, 5) is 11.3. The van der Waals surface area contributed by atoms with Crippen LogP contribution < -0.4 is 5.32 Å². The molecule has 0 unspecified atom stereocenters. The van der Waals surface area contributed by atoms with E-state index in [2.05, 4.69) is 37.7 Å². The average Bonchev–Trinajstić information content (AvgIpc) is 2.76. The second-order valence-electron chi connectivity index (χ2n) is 6.42. The number of hydrogen-bond acceptors (Lipinski definition) is 4. The standard InChI is InChI=1S/C15H23NO3/c1-14(2)12(15(14,3)4)8-16-7-11-6-10(9-19-11)13(17)18-5/h6,9,12,16H,7-8H2,1-5H3. The first-order valence-electron chi connectivity index (χ1n) is 6.67. The predicted octanol–water partition coefficient (Wildman–Crippen LogP) is 2.84. The zero-order valence-corrected chi connectivity index (χ0v) is 12.4. The van der Waals surface area contributed by atoms with Crippen molar-refractivity contribution in [2.75, 3.05) is 13.7 Å². The average molecular weight is 265 g/mol. The van der Waals surface area contributed by atoms with Crippen molar-refractivity contribution >= 4 is 5.97 Å². The number of furan rings is 1. The molecular weight excluding hydrogens is 242 g/mol. The highest BCUT2D eigenvalue weighted by molar-refractivity contribution is 5.88. The summed E-state index contributed by atoms with van der Waals surface area (Å²) in [5.74, 6) is 1.08. The first kappa shape index (κ1) is 14.1. The van der Waals surface area contributed by atoms with E-state index in [0.717, 1.165) is 12.3 Å². The summed E-state index contributed by atoms with van der Waals surface area (Å²) in [6.07, 6.45) is 1.44. The highest BCUT2D eigenvalue weighted by Gasteiger charge is 2.63. The Morgan fingerprint density at radius 3 is 2.53 bits per heavy atom. The van der Waals surface area contributed by atoms with Crippen LogP contribution in [0.4, 0.5) is 0 Å². The molecule has 19 heavy (non-hydrogen) atoms. The third-order valence-electron chi connectivity index (χ3n) is 5.04. The van der Waals surface area contributed by atoms with Gasteiger partial charge in [-0.2, -0.15) is 0 Å². The Kier molecular flexibility index (Phi) is 3.47. The summed E-state index contributed by atoms with van der Waals surface area (Å²) < 4.78 is 9.97. The molecule has 0 radical (unpaired) electrons. The molecule has 1 aliphatic carbocycles. The molecule has 1 heterocycles. The number of rotatable bonds is 5. The molecule has 2 rings (SSSR count). The maximum absolute atomic E-state index is 11.3. The van der Waals surface area contributed by atoms with Crippen molar-refractivity contribution in [3.05, 3.63) is 23.7 Å². The number of esters is 1. The lowest BCUT2D eigenvalue weighted by Crippen LogP contribution is -2.18. The second-order valence-corrected chi connectivity index (χ2v) is 6.42. The molecule has 4 nitrogen and oxygen atoms in total. The van der Waals surface area contributed by atoms with Crippen LogP contribution in [0.15, 0.2) is 16.7 Å². The van der Waals surface area contributed by atoms with Crippen LogP contribution in [0, 0.1) is 16.7 Å². The van der Waals surface area contributed by atoms with Crippen molar-refractivity contribution in [2.24, 2.45) is 16.7 Å². The monoisotopic (exact) mass is 265 g/mol. The molecule has 0 atom stereocenters. The third-order valence-corrected chi connectivity index (χ3v) is 5.04. The van der Waals surface area contributed by atoms with E-state index in [1.165, 1.54) is 13.4 Å². The summed E-state index contributed by atoms with van der Waals surface area (Å²) in [6.45, 7) is 10.8. The Morgan fingerprint density at radius 2 is 2.00 bits per heavy atom. The minimum atomic E-state index is -0.362. The largest absolute Gasteiger partial charge is 0.467 e. The topological polar surface area (TPSA) is 51.5 Å². The van der Waals surface area contributed by atoms with Crippen LogP contribution in [0.25, 0.3) is 0 Å². The van der Waals surface area contributed by atoms with Gasteiger partial charge in [0.15, 0.2) is 0 Å². The Labute approximate surface area is 114 Å². The normalized spacial score (nSPS) is 20.3. The molecule has 0 saturated heterocycles. The number of carbonyl (C=O) groups excluding carboxylic acids is 1. The van der Waals surface area contributed by atoms with E-state index in [1.807, 2.05) is 0 Å². The van der Waals surface area contributed by atoms with Crippen LogP contribution in [-0.4, -0.2) is 19.6 Å². The van der Waals surface area contributed by atoms with Gasteiger partial charge in [0.25, 0.3) is 0 Å². The van der Waals surface area contributed by atoms with Crippen molar-refractivity contribution in [1.82, 2.24) is 5.32 Å². The van der Waals surface area contributed by atoms with E-state index in [4.69, 9.17) is 4.42 Å². The fraction of sp³-hybridized carbons (Fsp3) is 0.667. The number of ether oxygens (including phenoxy) is 1. The Balaban J connectivity index is 1.81. The zero-order chi connectivity index (χ0) is 14.3. The minimum absolute atomic E-state index is 0.362. The summed E-state index contributed by atoms with van der Waals surface area (Å²) in [5.41, 5.74) is 1.24. The van der Waals surface area contributed by atoms with E-state index < -0.39 is 0 Å². The highest BCUT2D eigenvalue weighted by atomic mass is 16.5. The van der Waals surface area contributed by atoms with Crippen molar-refractivity contribution in [2.45, 2.75) is 34.2 Å². The molecule has 1 N–H and O–H groups in total. The fourth-order valence-corrected chi connectivity index (χ4v) is 2.88. The SMILES string of the molecule is COC(=O)c1coc(CNCC2C(C)(C)C2(C)C)c1. The lowest BCUT2D eigenvalue weighted by atomic mass is 10.0. The van der Waals surface area contributed by atoms with E-state index in [-0.39, 0.29) is 5.97 Å². The molecule has 0 aliphatic heterocycles. The number of methoxy groups -OCH3 is 1. The molecule has 1 saturated carbocycles. The fourth-order valence-electron chi connectivity index (χ4n) is 2.88. The van der Waals surface area contributed by atoms with Gasteiger partial charge in [0.2, 0.25) is 0 Å². The summed E-state index contributed by atoms with van der Waals surface area (Å²) in [6, 6.07) is 1.72. The quantitative estimate of drug-likeness (QED) is 0.832. The van der Waals surface area contributed by atoms with Crippen LogP contribution in [0.3, 0.4) is 0 Å². The second kappa shape index (κ2) is 4.67. The molecule has 4 heteroatoms. The number of hydrogen-bond donors (Lipinski definition) is 1. The molecule has 0 spiro atoms. The Hall–Kier alpha value is -1.29. The minimum Gasteiger partial charge on any atom is -0.467 e. The zero-order valence-electron chi connectivity index (χ0n) is 12.4. The predicted molar refractivity (Wildman–Crippen MR) is 72.8 cm³/mol. The molecule has 1 aliphatic rings. The van der Waals surface area contributed by atoms with Gasteiger partial charge in [-0.3, -0.25) is 0 Å². The highest BCUT2D eigenvalue weighted by Crippen LogP contribution is 2.67. The molecule has 1 fully saturated rings. The van der Waals surface area contributed by atoms with Gasteiger partial charge in [-0.25, -0.2) is 4.79 Å². The van der Waals surface area contributed by atoms with Gasteiger partial charge in [0.1, 0.15) is 12.0 Å². The Bertz CT molecular complexity index is 459. The molecule has 0 bridgehead atoms. The van der Waals surface area contributed by atoms with E-state index in [9.17, 15) is 4.79 Å². The van der Waals surface area contributed by atoms with Gasteiger partial charge in [0.05, 0.1) is 19.2 Å². The Morgan fingerprint density at radius 1 is 1.37 bits per heavy atom. The smallest absolute Gasteiger partial charge is 0.341 e. The first-order chi connectivity index (χ1) is 8.80. The van der Waals surface area contributed by atoms with Crippen molar-refractivity contribution in [3.63, 3.8) is 0 Å². The lowest BCUT2D eigenvalue weighted by molar-refractivity contribution is 0.0600. The van der Waals surface area contributed by atoms with Gasteiger partial charge >= 0.3 is 5.97 Å². The van der Waals surface area contributed by atoms with Gasteiger partial charge < -0.3 is 14.5 Å². The van der Waals surface area contributed by atoms with Crippen LogP contribution in [0.2, 0.25) is 0 Å². The molecule has 0 amide bonds. The van der Waals surface area contributed by atoms with Crippen LogP contribution in [0.1, 0.15) is 43.8 Å². The van der Waals surface area contributed by atoms with Crippen molar-refractivity contribution < 1.29 is 13.9 Å². The van der Waals surface area contributed by atoms with Crippen LogP contribution in [0.5, 0.6) is 0 Å². The van der Waals surface area contributed by atoms with Gasteiger partial charge in [-0.15, -0.1) is 0 Å². The van der Waals surface area contributed by atoms with Crippen LogP contribution >= 0.6 is 0 Å². The first-order valence-corrected chi connectivity index (χ1v) is 6.67. The summed E-state index contributed by atoms with van der Waals surface area (Å²) in [5, 5.41) is 3.40. The molecular formula is C15H23NO3. The van der Waals surface area contributed by atoms with E-state index >= 15 is 0 Å². The van der Waals surface area contributed by atoms with Gasteiger partial charge in [-0.1, -0.05) is 27.7 Å². The maximum Gasteiger partial charge on any atom is 0.341 e. The van der Waals surface area contributed by atoms with Crippen LogP contribution in [-0.2, 0) is 11.3 Å². The maximum atomic E-state index is 11.3. The summed E-state index contributed by atoms with van der Waals surface area (Å²) >= 11 is 0. The third kappa shape index (κ3) is 2.41. The molecule has 1 aromatic rings. The molecule has 1 aromatic heterocycles. The lowest BCUT2D eigenvalue weighted by Gasteiger charge is -2.04. The number of carbonyl (C=O) groups is 1. The van der Waals surface area contributed by atoms with Crippen molar-refractivity contribution in [1.29, 1.82) is 0 Å². The van der Waals surface area contributed by atoms with Gasteiger partial charge in [-0.05, 0) is 29.4 Å². The summed E-state index contributed by atoms with van der Waals surface area (Å²) in [7, 11) is 1.37. The number of nitrogens with one attached hydrogen (secondary N) is 1. The molecule has 106 valence electrons.